The Morgan fingerprint density at radius 3 is 2.71 bits per heavy atom. The Balaban J connectivity index is 2.01. The number of hydrogen-bond acceptors (Lipinski definition) is 4. The zero-order chi connectivity index (χ0) is 17.4. The van der Waals surface area contributed by atoms with Gasteiger partial charge in [0.2, 0.25) is 0 Å². The zero-order valence-corrected chi connectivity index (χ0v) is 14.6. The number of amides is 1. The van der Waals surface area contributed by atoms with Gasteiger partial charge in [0.15, 0.2) is 5.65 Å². The Bertz CT molecular complexity index is 949. The van der Waals surface area contributed by atoms with Crippen molar-refractivity contribution in [1.29, 1.82) is 0 Å². The van der Waals surface area contributed by atoms with Crippen LogP contribution in [0.4, 0.5) is 5.69 Å². The quantitative estimate of drug-likeness (QED) is 0.789. The number of nitrogens with zero attached hydrogens (tertiary/aromatic N) is 3. The fourth-order valence-electron chi connectivity index (χ4n) is 2.69. The number of aryl methyl sites for hydroxylation is 3. The number of nitrogens with one attached hydrogen (secondary N) is 1. The fraction of sp³-hybridized carbons (Fsp3) is 0.235. The topological polar surface area (TPSA) is 69.0 Å². The molecule has 1 aromatic carbocycles. The standard InChI is InChI=1S/C17H17ClN4O2/c1-9-7-12(15-10(2)21-22(3)16(15)19-9)17(23)20-11-5-6-14(24-4)13(18)8-11/h5-8H,1-4H3,(H,20,23). The normalized spacial score (nSPS) is 10.9. The molecular formula is C17H17ClN4O2. The molecule has 2 heterocycles. The zero-order valence-electron chi connectivity index (χ0n) is 13.8. The predicted octanol–water partition coefficient (Wildman–Crippen LogP) is 3.50. The van der Waals surface area contributed by atoms with Crippen LogP contribution < -0.4 is 10.1 Å². The van der Waals surface area contributed by atoms with Gasteiger partial charge in [-0.05, 0) is 38.1 Å². The van der Waals surface area contributed by atoms with Gasteiger partial charge in [0.05, 0.1) is 28.8 Å². The second-order valence-corrected chi connectivity index (χ2v) is 5.93. The molecule has 124 valence electrons. The van der Waals surface area contributed by atoms with Crippen molar-refractivity contribution >= 4 is 34.2 Å². The molecule has 0 saturated heterocycles. The van der Waals surface area contributed by atoms with Gasteiger partial charge in [0.25, 0.3) is 5.91 Å². The highest BCUT2D eigenvalue weighted by Gasteiger charge is 2.18. The van der Waals surface area contributed by atoms with Crippen molar-refractivity contribution in [3.8, 4) is 5.75 Å². The number of benzene rings is 1. The average molecular weight is 345 g/mol. The minimum Gasteiger partial charge on any atom is -0.495 e. The van der Waals surface area contributed by atoms with Crippen molar-refractivity contribution in [2.75, 3.05) is 12.4 Å². The van der Waals surface area contributed by atoms with Crippen LogP contribution in [0.15, 0.2) is 24.3 Å². The van der Waals surface area contributed by atoms with Crippen LogP contribution in [0.2, 0.25) is 5.02 Å². The van der Waals surface area contributed by atoms with Crippen molar-refractivity contribution in [2.24, 2.45) is 7.05 Å². The molecule has 1 amide bonds. The van der Waals surface area contributed by atoms with Crippen LogP contribution in [0.5, 0.6) is 5.75 Å². The van der Waals surface area contributed by atoms with E-state index in [1.165, 1.54) is 0 Å². The summed E-state index contributed by atoms with van der Waals surface area (Å²) in [6.45, 7) is 3.71. The molecule has 0 aliphatic carbocycles. The van der Waals surface area contributed by atoms with E-state index in [0.717, 1.165) is 16.8 Å². The summed E-state index contributed by atoms with van der Waals surface area (Å²) < 4.78 is 6.80. The lowest BCUT2D eigenvalue weighted by molar-refractivity contribution is 0.102. The molecule has 0 spiro atoms. The summed E-state index contributed by atoms with van der Waals surface area (Å²) in [6, 6.07) is 6.86. The molecule has 24 heavy (non-hydrogen) atoms. The van der Waals surface area contributed by atoms with Crippen molar-refractivity contribution in [2.45, 2.75) is 13.8 Å². The monoisotopic (exact) mass is 344 g/mol. The number of ether oxygens (including phenoxy) is 1. The molecule has 0 fully saturated rings. The van der Waals surface area contributed by atoms with Crippen LogP contribution in [-0.4, -0.2) is 27.8 Å². The van der Waals surface area contributed by atoms with E-state index < -0.39 is 0 Å². The van der Waals surface area contributed by atoms with E-state index in [1.807, 2.05) is 20.9 Å². The van der Waals surface area contributed by atoms with E-state index in [4.69, 9.17) is 16.3 Å². The van der Waals surface area contributed by atoms with E-state index in [2.05, 4.69) is 15.4 Å². The smallest absolute Gasteiger partial charge is 0.256 e. The highest BCUT2D eigenvalue weighted by Crippen LogP contribution is 2.28. The van der Waals surface area contributed by atoms with E-state index in [1.54, 1.807) is 36.1 Å². The van der Waals surface area contributed by atoms with Crippen LogP contribution in [0, 0.1) is 13.8 Å². The number of carbonyl (C=O) groups is 1. The third kappa shape index (κ3) is 2.80. The van der Waals surface area contributed by atoms with Crippen molar-refractivity contribution in [3.05, 3.63) is 46.2 Å². The van der Waals surface area contributed by atoms with Gasteiger partial charge in [-0.25, -0.2) is 4.98 Å². The third-order valence-electron chi connectivity index (χ3n) is 3.75. The molecule has 1 N–H and O–H groups in total. The third-order valence-corrected chi connectivity index (χ3v) is 4.05. The molecule has 2 aromatic heterocycles. The van der Waals surface area contributed by atoms with Gasteiger partial charge < -0.3 is 10.1 Å². The maximum Gasteiger partial charge on any atom is 0.256 e. The van der Waals surface area contributed by atoms with Gasteiger partial charge in [-0.15, -0.1) is 0 Å². The molecule has 6 nitrogen and oxygen atoms in total. The first-order valence-corrected chi connectivity index (χ1v) is 7.74. The number of fused-ring (bicyclic) bond motifs is 1. The lowest BCUT2D eigenvalue weighted by Gasteiger charge is -2.09. The predicted molar refractivity (Wildman–Crippen MR) is 93.9 cm³/mol. The van der Waals surface area contributed by atoms with Crippen molar-refractivity contribution in [1.82, 2.24) is 14.8 Å². The maximum atomic E-state index is 12.8. The number of anilines is 1. The number of rotatable bonds is 3. The number of methoxy groups -OCH3 is 1. The van der Waals surface area contributed by atoms with Gasteiger partial charge in [0.1, 0.15) is 5.75 Å². The largest absolute Gasteiger partial charge is 0.495 e. The highest BCUT2D eigenvalue weighted by atomic mass is 35.5. The molecule has 0 atom stereocenters. The molecule has 0 aliphatic heterocycles. The molecule has 0 unspecified atom stereocenters. The number of hydrogen-bond donors (Lipinski definition) is 1. The molecule has 0 aliphatic rings. The lowest BCUT2D eigenvalue weighted by Crippen LogP contribution is -2.13. The van der Waals surface area contributed by atoms with Crippen LogP contribution in [0.25, 0.3) is 11.0 Å². The van der Waals surface area contributed by atoms with Crippen molar-refractivity contribution < 1.29 is 9.53 Å². The maximum absolute atomic E-state index is 12.8. The minimum atomic E-state index is -0.233. The first-order chi connectivity index (χ1) is 11.4. The number of carbonyl (C=O) groups excluding carboxylic acids is 1. The van der Waals surface area contributed by atoms with Gasteiger partial charge in [-0.3, -0.25) is 9.48 Å². The summed E-state index contributed by atoms with van der Waals surface area (Å²) in [7, 11) is 3.35. The summed E-state index contributed by atoms with van der Waals surface area (Å²) in [6.07, 6.45) is 0. The summed E-state index contributed by atoms with van der Waals surface area (Å²) >= 11 is 6.11. The number of aromatic nitrogens is 3. The molecule has 0 radical (unpaired) electrons. The van der Waals surface area contributed by atoms with Crippen LogP contribution in [0.1, 0.15) is 21.7 Å². The van der Waals surface area contributed by atoms with E-state index >= 15 is 0 Å². The van der Waals surface area contributed by atoms with E-state index in [0.29, 0.717) is 27.7 Å². The van der Waals surface area contributed by atoms with Gasteiger partial charge in [-0.2, -0.15) is 5.10 Å². The Labute approximate surface area is 144 Å². The molecular weight excluding hydrogens is 328 g/mol. The summed E-state index contributed by atoms with van der Waals surface area (Å²) in [5.74, 6) is 0.322. The Hall–Kier alpha value is -2.60. The van der Waals surface area contributed by atoms with Gasteiger partial charge in [0, 0.05) is 18.4 Å². The Kier molecular flexibility index (Phi) is 4.15. The molecule has 0 saturated carbocycles. The molecule has 0 bridgehead atoms. The minimum absolute atomic E-state index is 0.233. The van der Waals surface area contributed by atoms with Gasteiger partial charge in [-0.1, -0.05) is 11.6 Å². The molecule has 7 heteroatoms. The van der Waals surface area contributed by atoms with E-state index in [-0.39, 0.29) is 5.91 Å². The van der Waals surface area contributed by atoms with E-state index in [9.17, 15) is 4.79 Å². The van der Waals surface area contributed by atoms with Crippen LogP contribution in [-0.2, 0) is 7.05 Å². The van der Waals surface area contributed by atoms with Crippen molar-refractivity contribution in [3.63, 3.8) is 0 Å². The average Bonchev–Trinajstić information content (AvgIpc) is 2.81. The molecule has 3 aromatic rings. The summed E-state index contributed by atoms with van der Waals surface area (Å²) in [5, 5.41) is 8.40. The SMILES string of the molecule is COc1ccc(NC(=O)c2cc(C)nc3c2c(C)nn3C)cc1Cl. The summed E-state index contributed by atoms with van der Waals surface area (Å²) in [5.41, 5.74) is 3.33. The Morgan fingerprint density at radius 1 is 1.29 bits per heavy atom. The first-order valence-electron chi connectivity index (χ1n) is 7.36. The molecule has 3 rings (SSSR count). The fourth-order valence-corrected chi connectivity index (χ4v) is 2.95. The Morgan fingerprint density at radius 2 is 2.04 bits per heavy atom. The lowest BCUT2D eigenvalue weighted by atomic mass is 10.1. The number of pyridine rings is 1. The van der Waals surface area contributed by atoms with Crippen LogP contribution in [0.3, 0.4) is 0 Å². The van der Waals surface area contributed by atoms with Gasteiger partial charge >= 0.3 is 0 Å². The summed E-state index contributed by atoms with van der Waals surface area (Å²) in [4.78, 5) is 17.2. The first kappa shape index (κ1) is 16.3. The second-order valence-electron chi connectivity index (χ2n) is 5.52. The van der Waals surface area contributed by atoms with Crippen LogP contribution >= 0.6 is 11.6 Å². The number of halogens is 1. The highest BCUT2D eigenvalue weighted by molar-refractivity contribution is 6.32. The second kappa shape index (κ2) is 6.13.